The van der Waals surface area contributed by atoms with E-state index in [1.165, 1.54) is 12.1 Å². The van der Waals surface area contributed by atoms with Gasteiger partial charge in [-0.1, -0.05) is 42.5 Å². The average molecular weight is 324 g/mol. The Morgan fingerprint density at radius 3 is 2.48 bits per heavy atom. The highest BCUT2D eigenvalue weighted by Crippen LogP contribution is 2.27. The van der Waals surface area contributed by atoms with Gasteiger partial charge >= 0.3 is 0 Å². The van der Waals surface area contributed by atoms with E-state index in [1.807, 2.05) is 36.4 Å². The van der Waals surface area contributed by atoms with Gasteiger partial charge in [-0.15, -0.1) is 0 Å². The van der Waals surface area contributed by atoms with Crippen LogP contribution in [0.15, 0.2) is 65.7 Å². The molecule has 114 valence electrons. The Hall–Kier alpha value is -3.11. The number of anilines is 1. The van der Waals surface area contributed by atoms with E-state index < -0.39 is 10.0 Å². The predicted octanol–water partition coefficient (Wildman–Crippen LogP) is 2.75. The van der Waals surface area contributed by atoms with Gasteiger partial charge in [-0.05, 0) is 17.7 Å². The summed E-state index contributed by atoms with van der Waals surface area (Å²) >= 11 is 0. The normalized spacial score (nSPS) is 10.9. The molecule has 7 heteroatoms. The number of rotatable bonds is 4. The quantitative estimate of drug-likeness (QED) is 0.771. The fourth-order valence-corrected chi connectivity index (χ4v) is 3.38. The molecule has 0 aliphatic carbocycles. The van der Waals surface area contributed by atoms with E-state index in [2.05, 4.69) is 14.9 Å². The van der Waals surface area contributed by atoms with Crippen LogP contribution in [0.3, 0.4) is 0 Å². The van der Waals surface area contributed by atoms with Crippen molar-refractivity contribution in [2.24, 2.45) is 0 Å². The first-order valence-electron chi connectivity index (χ1n) is 6.72. The maximum absolute atomic E-state index is 12.6. The monoisotopic (exact) mass is 324 g/mol. The van der Waals surface area contributed by atoms with Crippen molar-refractivity contribution in [3.8, 4) is 17.2 Å². The summed E-state index contributed by atoms with van der Waals surface area (Å²) in [5, 5.41) is 15.6. The third kappa shape index (κ3) is 2.93. The number of hydrogen-bond acceptors (Lipinski definition) is 4. The fourth-order valence-electron chi connectivity index (χ4n) is 2.18. The Bertz CT molecular complexity index is 973. The van der Waals surface area contributed by atoms with E-state index in [1.54, 1.807) is 18.3 Å². The summed E-state index contributed by atoms with van der Waals surface area (Å²) in [6.45, 7) is 0. The number of aromatic nitrogens is 2. The van der Waals surface area contributed by atoms with Crippen LogP contribution >= 0.6 is 0 Å². The van der Waals surface area contributed by atoms with Crippen molar-refractivity contribution in [3.05, 3.63) is 66.4 Å². The second-order valence-corrected chi connectivity index (χ2v) is 6.39. The van der Waals surface area contributed by atoms with Gasteiger partial charge in [-0.3, -0.25) is 9.82 Å². The molecular weight excluding hydrogens is 312 g/mol. The zero-order valence-electron chi connectivity index (χ0n) is 11.9. The molecule has 0 saturated heterocycles. The molecule has 0 radical (unpaired) electrons. The topological polar surface area (TPSA) is 98.6 Å². The van der Waals surface area contributed by atoms with E-state index in [0.717, 1.165) is 5.56 Å². The van der Waals surface area contributed by atoms with Crippen molar-refractivity contribution in [2.75, 3.05) is 4.72 Å². The van der Waals surface area contributed by atoms with E-state index in [0.29, 0.717) is 5.56 Å². The lowest BCUT2D eigenvalue weighted by molar-refractivity contribution is 0.601. The average Bonchev–Trinajstić information content (AvgIpc) is 3.03. The Labute approximate surface area is 133 Å². The highest BCUT2D eigenvalue weighted by molar-refractivity contribution is 7.92. The molecule has 0 aliphatic rings. The summed E-state index contributed by atoms with van der Waals surface area (Å²) in [6.07, 6.45) is 1.55. The summed E-state index contributed by atoms with van der Waals surface area (Å²) in [5.74, 6) is 0.254. The Kier molecular flexibility index (Phi) is 3.83. The fraction of sp³-hybridized carbons (Fsp3) is 0. The molecule has 0 fully saturated rings. The molecule has 0 saturated carbocycles. The number of nitrogens with zero attached hydrogens (tertiary/aromatic N) is 2. The van der Waals surface area contributed by atoms with E-state index in [-0.39, 0.29) is 16.3 Å². The Morgan fingerprint density at radius 1 is 1.04 bits per heavy atom. The number of sulfonamides is 1. The molecule has 23 heavy (non-hydrogen) atoms. The molecule has 0 atom stereocenters. The number of nitriles is 1. The van der Waals surface area contributed by atoms with Gasteiger partial charge in [-0.2, -0.15) is 10.4 Å². The van der Waals surface area contributed by atoms with E-state index in [4.69, 9.17) is 5.26 Å². The molecule has 0 amide bonds. The first kappa shape index (κ1) is 14.8. The molecule has 3 aromatic rings. The molecule has 0 spiro atoms. The van der Waals surface area contributed by atoms with Crippen LogP contribution in [0, 0.1) is 11.3 Å². The van der Waals surface area contributed by atoms with Crippen molar-refractivity contribution >= 4 is 15.8 Å². The third-order valence-corrected chi connectivity index (χ3v) is 4.67. The zero-order chi connectivity index (χ0) is 16.3. The van der Waals surface area contributed by atoms with Crippen molar-refractivity contribution in [3.63, 3.8) is 0 Å². The molecule has 0 aliphatic heterocycles. The highest BCUT2D eigenvalue weighted by atomic mass is 32.2. The summed E-state index contributed by atoms with van der Waals surface area (Å²) < 4.78 is 27.6. The molecule has 2 N–H and O–H groups in total. The van der Waals surface area contributed by atoms with Crippen LogP contribution in [0.1, 0.15) is 5.56 Å². The highest BCUT2D eigenvalue weighted by Gasteiger charge is 2.20. The lowest BCUT2D eigenvalue weighted by atomic mass is 10.1. The van der Waals surface area contributed by atoms with Crippen molar-refractivity contribution in [1.29, 1.82) is 5.26 Å². The second kappa shape index (κ2) is 5.94. The van der Waals surface area contributed by atoms with Gasteiger partial charge in [0, 0.05) is 5.56 Å². The van der Waals surface area contributed by atoms with Gasteiger partial charge in [0.25, 0.3) is 10.0 Å². The van der Waals surface area contributed by atoms with Gasteiger partial charge in [-0.25, -0.2) is 8.42 Å². The maximum atomic E-state index is 12.6. The summed E-state index contributed by atoms with van der Waals surface area (Å²) in [4.78, 5) is -0.0730. The lowest BCUT2D eigenvalue weighted by Gasteiger charge is -2.09. The smallest absolute Gasteiger partial charge is 0.263 e. The first-order valence-corrected chi connectivity index (χ1v) is 8.21. The van der Waals surface area contributed by atoms with E-state index in [9.17, 15) is 8.42 Å². The zero-order valence-corrected chi connectivity index (χ0v) is 12.7. The van der Waals surface area contributed by atoms with Gasteiger partial charge in [0.05, 0.1) is 11.8 Å². The van der Waals surface area contributed by atoms with Crippen LogP contribution in [0.25, 0.3) is 11.1 Å². The van der Waals surface area contributed by atoms with Crippen molar-refractivity contribution in [2.45, 2.75) is 4.90 Å². The molecule has 0 unspecified atom stereocenters. The van der Waals surface area contributed by atoms with Crippen molar-refractivity contribution < 1.29 is 8.42 Å². The van der Waals surface area contributed by atoms with Gasteiger partial charge < -0.3 is 0 Å². The summed E-state index contributed by atoms with van der Waals surface area (Å²) in [7, 11) is -3.90. The van der Waals surface area contributed by atoms with E-state index >= 15 is 0 Å². The summed E-state index contributed by atoms with van der Waals surface area (Å²) in [6, 6.07) is 17.2. The van der Waals surface area contributed by atoms with Crippen LogP contribution in [-0.4, -0.2) is 18.6 Å². The Balaban J connectivity index is 2.00. The first-order chi connectivity index (χ1) is 11.1. The summed E-state index contributed by atoms with van der Waals surface area (Å²) in [5.41, 5.74) is 1.54. The molecule has 6 nitrogen and oxygen atoms in total. The number of aromatic amines is 1. The standard InChI is InChI=1S/C16H12N4O2S/c17-10-13-8-4-5-9-15(13)23(21,22)20-16-14(11-18-19-16)12-6-2-1-3-7-12/h1-9,11H,(H2,18,19,20). The minimum atomic E-state index is -3.90. The molecule has 1 aromatic heterocycles. The largest absolute Gasteiger partial charge is 0.264 e. The third-order valence-electron chi connectivity index (χ3n) is 3.26. The van der Waals surface area contributed by atoms with Crippen LogP contribution in [0.2, 0.25) is 0 Å². The maximum Gasteiger partial charge on any atom is 0.264 e. The van der Waals surface area contributed by atoms with Crippen LogP contribution in [0.4, 0.5) is 5.82 Å². The number of benzene rings is 2. The van der Waals surface area contributed by atoms with Crippen molar-refractivity contribution in [1.82, 2.24) is 10.2 Å². The molecule has 0 bridgehead atoms. The number of H-pyrrole nitrogens is 1. The lowest BCUT2D eigenvalue weighted by Crippen LogP contribution is -2.15. The minimum absolute atomic E-state index is 0.0730. The van der Waals surface area contributed by atoms with Crippen LogP contribution in [-0.2, 0) is 10.0 Å². The SMILES string of the molecule is N#Cc1ccccc1S(=O)(=O)Nc1[nH]ncc1-c1ccccc1. The molecular formula is C16H12N4O2S. The molecule has 3 rings (SSSR count). The minimum Gasteiger partial charge on any atom is -0.263 e. The second-order valence-electron chi connectivity index (χ2n) is 4.74. The van der Waals surface area contributed by atoms with Crippen LogP contribution in [0.5, 0.6) is 0 Å². The number of hydrogen-bond donors (Lipinski definition) is 2. The Morgan fingerprint density at radius 2 is 1.74 bits per heavy atom. The number of nitrogens with one attached hydrogen (secondary N) is 2. The van der Waals surface area contributed by atoms with Gasteiger partial charge in [0.15, 0.2) is 0 Å². The van der Waals surface area contributed by atoms with Gasteiger partial charge in [0.1, 0.15) is 16.8 Å². The molecule has 1 heterocycles. The predicted molar refractivity (Wildman–Crippen MR) is 86.0 cm³/mol. The van der Waals surface area contributed by atoms with Gasteiger partial charge in [0.2, 0.25) is 0 Å². The van der Waals surface area contributed by atoms with Crippen LogP contribution < -0.4 is 4.72 Å². The molecule has 2 aromatic carbocycles.